The van der Waals surface area contributed by atoms with E-state index in [4.69, 9.17) is 5.73 Å². The van der Waals surface area contributed by atoms with E-state index in [0.29, 0.717) is 0 Å². The lowest BCUT2D eigenvalue weighted by Crippen LogP contribution is -2.04. The first-order chi connectivity index (χ1) is 7.83. The Morgan fingerprint density at radius 3 is 2.69 bits per heavy atom. The third kappa shape index (κ3) is 1.69. The smallest absolute Gasteiger partial charge is 0.0457 e. The van der Waals surface area contributed by atoms with Gasteiger partial charge in [-0.3, -0.25) is 0 Å². The van der Waals surface area contributed by atoms with Crippen molar-refractivity contribution in [1.82, 2.24) is 4.98 Å². The number of hydrogen-bond acceptors (Lipinski definition) is 1. The van der Waals surface area contributed by atoms with Gasteiger partial charge in [0.25, 0.3) is 0 Å². The number of fused-ring (bicyclic) bond motifs is 1. The van der Waals surface area contributed by atoms with Gasteiger partial charge in [0, 0.05) is 22.3 Å². The van der Waals surface area contributed by atoms with Gasteiger partial charge in [-0.15, -0.1) is 0 Å². The van der Waals surface area contributed by atoms with Crippen LogP contribution in [0.3, 0.4) is 0 Å². The van der Waals surface area contributed by atoms with Gasteiger partial charge in [0.05, 0.1) is 0 Å². The Balaban J connectivity index is 1.97. The van der Waals surface area contributed by atoms with Crippen molar-refractivity contribution in [2.45, 2.75) is 38.0 Å². The van der Waals surface area contributed by atoms with Crippen LogP contribution in [-0.4, -0.2) is 4.98 Å². The predicted octanol–water partition coefficient (Wildman–Crippen LogP) is 3.80. The summed E-state index contributed by atoms with van der Waals surface area (Å²) in [6.45, 7) is 0. The van der Waals surface area contributed by atoms with Crippen molar-refractivity contribution < 1.29 is 0 Å². The van der Waals surface area contributed by atoms with Crippen LogP contribution in [-0.2, 0) is 0 Å². The lowest BCUT2D eigenvalue weighted by Gasteiger charge is -2.20. The molecule has 1 aromatic heterocycles. The molecular formula is C14H18N2. The molecule has 2 aromatic rings. The molecule has 0 saturated heterocycles. The number of H-pyrrole nitrogens is 1. The Morgan fingerprint density at radius 1 is 1.06 bits per heavy atom. The highest BCUT2D eigenvalue weighted by Gasteiger charge is 2.17. The first-order valence-electron chi connectivity index (χ1n) is 6.21. The largest absolute Gasteiger partial charge is 0.399 e. The van der Waals surface area contributed by atoms with Gasteiger partial charge in [-0.1, -0.05) is 19.3 Å². The molecule has 3 N–H and O–H groups in total. The lowest BCUT2D eigenvalue weighted by atomic mass is 9.87. The number of nitrogens with one attached hydrogen (secondary N) is 1. The van der Waals surface area contributed by atoms with Crippen LogP contribution in [0.1, 0.15) is 43.7 Å². The Bertz CT molecular complexity index is 492. The van der Waals surface area contributed by atoms with E-state index in [1.807, 2.05) is 6.07 Å². The third-order valence-electron chi connectivity index (χ3n) is 3.71. The number of nitrogen functional groups attached to an aromatic ring is 1. The summed E-state index contributed by atoms with van der Waals surface area (Å²) in [4.78, 5) is 3.54. The number of anilines is 1. The van der Waals surface area contributed by atoms with Crippen LogP contribution in [0, 0.1) is 0 Å². The molecule has 0 aliphatic heterocycles. The monoisotopic (exact) mass is 214 g/mol. The average Bonchev–Trinajstić information content (AvgIpc) is 2.73. The van der Waals surface area contributed by atoms with Crippen LogP contribution in [0.25, 0.3) is 10.9 Å². The molecule has 2 nitrogen and oxygen atoms in total. The Hall–Kier alpha value is -1.44. The van der Waals surface area contributed by atoms with Crippen molar-refractivity contribution in [2.75, 3.05) is 5.73 Å². The van der Waals surface area contributed by atoms with Crippen molar-refractivity contribution in [3.05, 3.63) is 30.0 Å². The van der Waals surface area contributed by atoms with Crippen molar-refractivity contribution in [2.24, 2.45) is 0 Å². The molecule has 1 fully saturated rings. The highest BCUT2D eigenvalue weighted by molar-refractivity contribution is 5.83. The van der Waals surface area contributed by atoms with Gasteiger partial charge in [0.1, 0.15) is 0 Å². The minimum atomic E-state index is 0.738. The fraction of sp³-hybridized carbons (Fsp3) is 0.429. The Morgan fingerprint density at radius 2 is 1.88 bits per heavy atom. The van der Waals surface area contributed by atoms with Crippen LogP contribution < -0.4 is 5.73 Å². The van der Waals surface area contributed by atoms with Gasteiger partial charge in [0.15, 0.2) is 0 Å². The molecule has 84 valence electrons. The normalized spacial score (nSPS) is 18.0. The zero-order valence-electron chi connectivity index (χ0n) is 9.50. The number of nitrogens with two attached hydrogens (primary N) is 1. The zero-order chi connectivity index (χ0) is 11.0. The summed E-state index contributed by atoms with van der Waals surface area (Å²) < 4.78 is 0. The van der Waals surface area contributed by atoms with Gasteiger partial charge in [0.2, 0.25) is 0 Å². The quantitative estimate of drug-likeness (QED) is 0.697. The number of hydrogen-bond donors (Lipinski definition) is 2. The molecule has 1 aliphatic carbocycles. The summed E-state index contributed by atoms with van der Waals surface area (Å²) >= 11 is 0. The summed E-state index contributed by atoms with van der Waals surface area (Å²) in [5.74, 6) is 0.738. The van der Waals surface area contributed by atoms with E-state index >= 15 is 0 Å². The second-order valence-electron chi connectivity index (χ2n) is 4.91. The van der Waals surface area contributed by atoms with Gasteiger partial charge in [-0.25, -0.2) is 0 Å². The van der Waals surface area contributed by atoms with E-state index in [9.17, 15) is 0 Å². The Labute approximate surface area is 95.8 Å². The maximum Gasteiger partial charge on any atom is 0.0457 e. The summed E-state index contributed by atoms with van der Waals surface area (Å²) in [5.41, 5.74) is 9.27. The highest BCUT2D eigenvalue weighted by atomic mass is 14.7. The lowest BCUT2D eigenvalue weighted by molar-refractivity contribution is 0.438. The first kappa shape index (κ1) is 9.76. The molecule has 0 unspecified atom stereocenters. The van der Waals surface area contributed by atoms with E-state index in [1.165, 1.54) is 48.7 Å². The molecule has 0 amide bonds. The molecule has 1 aliphatic rings. The molecule has 3 rings (SSSR count). The second-order valence-corrected chi connectivity index (χ2v) is 4.91. The molecule has 1 aromatic carbocycles. The Kier molecular flexibility index (Phi) is 2.35. The molecule has 16 heavy (non-hydrogen) atoms. The summed E-state index contributed by atoms with van der Waals surface area (Å²) in [6, 6.07) is 8.38. The number of benzene rings is 1. The molecule has 0 atom stereocenters. The van der Waals surface area contributed by atoms with Crippen LogP contribution >= 0.6 is 0 Å². The standard InChI is InChI=1S/C14H18N2/c15-12-6-7-13-11(8-12)9-14(16-13)10-4-2-1-3-5-10/h6-10,16H,1-5,15H2. The molecule has 1 saturated carbocycles. The van der Waals surface area contributed by atoms with Crippen LogP contribution in [0.15, 0.2) is 24.3 Å². The summed E-state index contributed by atoms with van der Waals surface area (Å²) in [5, 5.41) is 1.25. The van der Waals surface area contributed by atoms with Crippen molar-refractivity contribution in [1.29, 1.82) is 0 Å². The fourth-order valence-electron chi connectivity index (χ4n) is 2.81. The van der Waals surface area contributed by atoms with Gasteiger partial charge in [-0.2, -0.15) is 0 Å². The van der Waals surface area contributed by atoms with Crippen molar-refractivity contribution in [3.63, 3.8) is 0 Å². The van der Waals surface area contributed by atoms with Crippen LogP contribution in [0.2, 0.25) is 0 Å². The number of aromatic amines is 1. The van der Waals surface area contributed by atoms with E-state index in [1.54, 1.807) is 0 Å². The SMILES string of the molecule is Nc1ccc2[nH]c(C3CCCCC3)cc2c1. The summed E-state index contributed by atoms with van der Waals surface area (Å²) in [7, 11) is 0. The molecule has 0 bridgehead atoms. The van der Waals surface area contributed by atoms with Gasteiger partial charge < -0.3 is 10.7 Å². The van der Waals surface area contributed by atoms with Crippen molar-refractivity contribution >= 4 is 16.6 Å². The van der Waals surface area contributed by atoms with E-state index in [2.05, 4.69) is 23.2 Å². The molecule has 2 heteroatoms. The molecule has 1 heterocycles. The van der Waals surface area contributed by atoms with E-state index < -0.39 is 0 Å². The minimum absolute atomic E-state index is 0.738. The van der Waals surface area contributed by atoms with E-state index in [0.717, 1.165) is 11.6 Å². The molecule has 0 radical (unpaired) electrons. The second kappa shape index (κ2) is 3.85. The van der Waals surface area contributed by atoms with Crippen LogP contribution in [0.4, 0.5) is 5.69 Å². The third-order valence-corrected chi connectivity index (χ3v) is 3.71. The number of aromatic nitrogens is 1. The topological polar surface area (TPSA) is 41.8 Å². The van der Waals surface area contributed by atoms with E-state index in [-0.39, 0.29) is 0 Å². The number of rotatable bonds is 1. The fourth-order valence-corrected chi connectivity index (χ4v) is 2.81. The minimum Gasteiger partial charge on any atom is -0.399 e. The van der Waals surface area contributed by atoms with Crippen LogP contribution in [0.5, 0.6) is 0 Å². The van der Waals surface area contributed by atoms with Crippen molar-refractivity contribution in [3.8, 4) is 0 Å². The maximum absolute atomic E-state index is 5.80. The predicted molar refractivity (Wildman–Crippen MR) is 68.5 cm³/mol. The van der Waals surface area contributed by atoms with Gasteiger partial charge >= 0.3 is 0 Å². The average molecular weight is 214 g/mol. The highest BCUT2D eigenvalue weighted by Crippen LogP contribution is 2.33. The summed E-state index contributed by atoms with van der Waals surface area (Å²) in [6.07, 6.45) is 6.83. The zero-order valence-corrected chi connectivity index (χ0v) is 9.50. The molecular weight excluding hydrogens is 196 g/mol. The van der Waals surface area contributed by atoms with Gasteiger partial charge in [-0.05, 0) is 43.0 Å². The maximum atomic E-state index is 5.80. The first-order valence-corrected chi connectivity index (χ1v) is 6.21. The molecule has 0 spiro atoms.